The van der Waals surface area contributed by atoms with Gasteiger partial charge in [-0.05, 0) is 61.1 Å². The van der Waals surface area contributed by atoms with E-state index < -0.39 is 113 Å². The second-order valence-corrected chi connectivity index (χ2v) is 18.4. The number of carbonyl (C=O) groups is 6. The summed E-state index contributed by atoms with van der Waals surface area (Å²) in [5.41, 5.74) is -8.20. The molecule has 2 heterocycles. The maximum absolute atomic E-state index is 15.6. The van der Waals surface area contributed by atoms with Crippen LogP contribution in [0, 0.1) is 16.7 Å². The first-order valence-corrected chi connectivity index (χ1v) is 21.9. The molecule has 0 spiro atoms. The second-order valence-electron chi connectivity index (χ2n) is 17.5. The molecule has 4 N–H and O–H groups in total. The number of hydrogen-bond donors (Lipinski definition) is 4. The minimum absolute atomic E-state index is 0.0402. The largest absolute Gasteiger partial charge is 0.497 e. The summed E-state index contributed by atoms with van der Waals surface area (Å²) < 4.78 is 46.5. The first kappa shape index (κ1) is 48.4. The summed E-state index contributed by atoms with van der Waals surface area (Å²) in [6.45, 7) is 9.79. The van der Waals surface area contributed by atoms with Crippen LogP contribution in [0.2, 0.25) is 0 Å². The normalized spacial score (nSPS) is 31.2. The van der Waals surface area contributed by atoms with E-state index in [-0.39, 0.29) is 47.8 Å². The van der Waals surface area contributed by atoms with Crippen molar-refractivity contribution in [3.63, 3.8) is 0 Å². The maximum atomic E-state index is 15.6. The van der Waals surface area contributed by atoms with Gasteiger partial charge in [-0.15, -0.1) is 11.3 Å². The third kappa shape index (κ3) is 8.25. The van der Waals surface area contributed by atoms with Crippen LogP contribution < -0.4 is 14.8 Å². The highest BCUT2D eigenvalue weighted by Crippen LogP contribution is 2.64. The number of alkyl carbamates (subject to hydrolysis) is 1. The molecule has 2 bridgehead atoms. The Labute approximate surface area is 374 Å². The Hall–Kier alpha value is -5.08. The van der Waals surface area contributed by atoms with Gasteiger partial charge in [-0.25, -0.2) is 14.4 Å². The van der Waals surface area contributed by atoms with Crippen molar-refractivity contribution in [3.05, 3.63) is 57.3 Å². The monoisotopic (exact) mass is 915 g/mol. The van der Waals surface area contributed by atoms with Gasteiger partial charge in [0.25, 0.3) is 0 Å². The van der Waals surface area contributed by atoms with Crippen molar-refractivity contribution in [1.82, 2.24) is 5.32 Å². The van der Waals surface area contributed by atoms with Gasteiger partial charge in [0.2, 0.25) is 0 Å². The van der Waals surface area contributed by atoms with Crippen molar-refractivity contribution in [1.29, 1.82) is 0 Å². The predicted octanol–water partition coefficient (Wildman–Crippen LogP) is 3.91. The predicted molar refractivity (Wildman–Crippen MR) is 224 cm³/mol. The number of hydrogen-bond acceptors (Lipinski definition) is 18. The number of Topliss-reactive ketones (excluding diaryl/α,β-unsaturated/α-hetero) is 1. The fourth-order valence-corrected chi connectivity index (χ4v) is 10.8. The zero-order valence-electron chi connectivity index (χ0n) is 37.3. The molecule has 4 aliphatic rings. The molecular weight excluding hydrogens is 859 g/mol. The van der Waals surface area contributed by atoms with Gasteiger partial charge in [-0.3, -0.25) is 14.4 Å². The van der Waals surface area contributed by atoms with Crippen LogP contribution in [0.4, 0.5) is 4.79 Å². The van der Waals surface area contributed by atoms with E-state index >= 15 is 4.79 Å². The van der Waals surface area contributed by atoms with Gasteiger partial charge in [0, 0.05) is 37.0 Å². The van der Waals surface area contributed by atoms with Crippen LogP contribution in [0.3, 0.4) is 0 Å². The van der Waals surface area contributed by atoms with E-state index in [1.807, 2.05) is 6.92 Å². The molecule has 1 amide bonds. The number of benzene rings is 1. The molecule has 350 valence electrons. The molecule has 1 aromatic heterocycles. The summed E-state index contributed by atoms with van der Waals surface area (Å²) in [6, 6.07) is 6.23. The number of methoxy groups -OCH3 is 2. The Morgan fingerprint density at radius 3 is 2.31 bits per heavy atom. The smallest absolute Gasteiger partial charge is 0.407 e. The van der Waals surface area contributed by atoms with Crippen LogP contribution in [0.15, 0.2) is 46.9 Å². The molecule has 0 radical (unpaired) electrons. The van der Waals surface area contributed by atoms with E-state index in [2.05, 4.69) is 5.32 Å². The third-order valence-corrected chi connectivity index (χ3v) is 14.4. The SMILES string of the molecule is CCCCOC(=O)N[C@@H](c1cccs1)[C@@H](O)C(=O)O[C@H]1C[C@@]2(O)[C@@H](OC(=O)c3cc(OC)ccc3OC)[C@@H]3[C@]4(OC(C)=O)CO[C@@H]4C[C@H](O)[C@@]3(C)C(=O)[C@H](OC(C)=O)C(=C1C)C2(C)C. The number of nitrogens with one attached hydrogen (secondary N) is 1. The number of ketones is 1. The molecular formula is C45H57NO17S. The molecule has 3 fully saturated rings. The molecule has 3 aliphatic carbocycles. The number of rotatable bonds is 14. The second kappa shape index (κ2) is 18.4. The number of aliphatic hydroxyl groups is 3. The Morgan fingerprint density at radius 2 is 1.73 bits per heavy atom. The maximum Gasteiger partial charge on any atom is 0.407 e. The Morgan fingerprint density at radius 1 is 1.02 bits per heavy atom. The Kier molecular flexibility index (Phi) is 13.9. The number of fused-ring (bicyclic) bond motifs is 5. The van der Waals surface area contributed by atoms with E-state index in [9.17, 15) is 39.3 Å². The van der Waals surface area contributed by atoms with E-state index in [1.165, 1.54) is 54.0 Å². The zero-order chi connectivity index (χ0) is 47.1. The zero-order valence-corrected chi connectivity index (χ0v) is 38.1. The minimum Gasteiger partial charge on any atom is -0.497 e. The van der Waals surface area contributed by atoms with Gasteiger partial charge in [0.15, 0.2) is 23.6 Å². The van der Waals surface area contributed by atoms with Crippen LogP contribution in [-0.2, 0) is 47.6 Å². The van der Waals surface area contributed by atoms with Gasteiger partial charge in [-0.1, -0.05) is 33.3 Å². The summed E-state index contributed by atoms with van der Waals surface area (Å²) in [4.78, 5) is 83.9. The van der Waals surface area contributed by atoms with Crippen LogP contribution in [0.1, 0.15) is 95.4 Å². The van der Waals surface area contributed by atoms with Gasteiger partial charge in [0.05, 0.1) is 44.9 Å². The summed E-state index contributed by atoms with van der Waals surface area (Å²) in [7, 11) is 2.70. The highest BCUT2D eigenvalue weighted by molar-refractivity contribution is 7.10. The molecule has 19 heteroatoms. The molecule has 1 aliphatic heterocycles. The lowest BCUT2D eigenvalue weighted by molar-refractivity contribution is -0.346. The van der Waals surface area contributed by atoms with Crippen molar-refractivity contribution < 1.29 is 82.0 Å². The van der Waals surface area contributed by atoms with E-state index in [0.29, 0.717) is 11.3 Å². The highest BCUT2D eigenvalue weighted by Gasteiger charge is 2.78. The number of esters is 4. The van der Waals surface area contributed by atoms with Crippen molar-refractivity contribution in [3.8, 4) is 11.5 Å². The molecule has 2 aromatic rings. The van der Waals surface area contributed by atoms with Crippen LogP contribution >= 0.6 is 11.3 Å². The lowest BCUT2D eigenvalue weighted by atomic mass is 9.44. The van der Waals surface area contributed by atoms with Gasteiger partial charge in [0.1, 0.15) is 47.0 Å². The molecule has 0 unspecified atom stereocenters. The first-order chi connectivity index (χ1) is 30.1. The number of ether oxygens (including phenoxy) is 8. The minimum atomic E-state index is -2.47. The fraction of sp³-hybridized carbons (Fsp3) is 0.600. The lowest BCUT2D eigenvalue weighted by Crippen LogP contribution is -2.82. The molecule has 1 saturated heterocycles. The summed E-state index contributed by atoms with van der Waals surface area (Å²) in [5.74, 6) is -6.31. The topological polar surface area (TPSA) is 249 Å². The first-order valence-electron chi connectivity index (χ1n) is 21.0. The van der Waals surface area contributed by atoms with Crippen molar-refractivity contribution in [2.24, 2.45) is 16.7 Å². The number of thiophene rings is 1. The van der Waals surface area contributed by atoms with Crippen LogP contribution in [-0.4, -0.2) is 126 Å². The van der Waals surface area contributed by atoms with Crippen molar-refractivity contribution in [2.75, 3.05) is 27.4 Å². The molecule has 1 aromatic carbocycles. The van der Waals surface area contributed by atoms with Crippen molar-refractivity contribution in [2.45, 2.75) is 128 Å². The van der Waals surface area contributed by atoms with Crippen LogP contribution in [0.25, 0.3) is 0 Å². The standard InChI is InChI=1S/C45H57NO17S/c1-10-11-16-58-41(54)46-33(29-13-12-17-64-29)34(50)40(53)61-28-20-45(55)38(62-39(52)26-18-25(56-8)14-15-27(26)57-9)36-43(7,30(49)19-31-44(36,21-59-31)63-24(4)48)37(51)35(60-23(3)47)32(22(28)2)42(45,5)6/h12-15,17-18,28,30-31,33-36,38,49-50,55H,10-11,16,19-21H2,1-9H3,(H,46,54)/t28-,30-,31+,33-,34+,35+,36-,38-,43+,44-,45+/m0/s1. The Balaban J connectivity index is 1.55. The average Bonchev–Trinajstić information content (AvgIpc) is 3.78. The molecule has 6 rings (SSSR count). The summed E-state index contributed by atoms with van der Waals surface area (Å²) in [6.07, 6.45) is -10.5. The lowest BCUT2D eigenvalue weighted by Gasteiger charge is -2.67. The van der Waals surface area contributed by atoms with E-state index in [4.69, 9.17) is 37.9 Å². The fourth-order valence-electron chi connectivity index (χ4n) is 10.0. The number of carbonyl (C=O) groups excluding carboxylic acids is 6. The quantitative estimate of drug-likeness (QED) is 0.0908. The molecule has 64 heavy (non-hydrogen) atoms. The van der Waals surface area contributed by atoms with Crippen molar-refractivity contribution >= 4 is 47.1 Å². The number of amides is 1. The van der Waals surface area contributed by atoms with E-state index in [1.54, 1.807) is 23.6 Å². The van der Waals surface area contributed by atoms with Gasteiger partial charge >= 0.3 is 30.0 Å². The average molecular weight is 916 g/mol. The molecule has 11 atom stereocenters. The van der Waals surface area contributed by atoms with Crippen LogP contribution in [0.5, 0.6) is 11.5 Å². The summed E-state index contributed by atoms with van der Waals surface area (Å²) >= 11 is 1.14. The molecule has 18 nitrogen and oxygen atoms in total. The molecule has 2 saturated carbocycles. The third-order valence-electron chi connectivity index (χ3n) is 13.5. The summed E-state index contributed by atoms with van der Waals surface area (Å²) in [5, 5.41) is 41.8. The highest BCUT2D eigenvalue weighted by atomic mass is 32.1. The number of unbranched alkanes of at least 4 members (excludes halogenated alkanes) is 1. The van der Waals surface area contributed by atoms with E-state index in [0.717, 1.165) is 31.6 Å². The number of aliphatic hydroxyl groups excluding tert-OH is 2. The van der Waals surface area contributed by atoms with Gasteiger partial charge in [-0.2, -0.15) is 0 Å². The van der Waals surface area contributed by atoms with Gasteiger partial charge < -0.3 is 58.5 Å². The Bertz CT molecular complexity index is 2170.